The van der Waals surface area contributed by atoms with Crippen molar-refractivity contribution in [2.24, 2.45) is 0 Å². The van der Waals surface area contributed by atoms with Crippen molar-refractivity contribution < 1.29 is 17.9 Å². The Hall–Kier alpha value is -3.29. The van der Waals surface area contributed by atoms with Crippen molar-refractivity contribution in [3.63, 3.8) is 0 Å². The van der Waals surface area contributed by atoms with Gasteiger partial charge in [-0.2, -0.15) is 0 Å². The molecule has 1 N–H and O–H groups in total. The summed E-state index contributed by atoms with van der Waals surface area (Å²) in [5, 5.41) is 3.14. The average molecular weight is 457 g/mol. The molecule has 3 rings (SSSR count). The molecule has 0 spiro atoms. The lowest BCUT2D eigenvalue weighted by atomic mass is 10.3. The molecule has 0 aliphatic heterocycles. The van der Waals surface area contributed by atoms with E-state index in [9.17, 15) is 13.2 Å². The van der Waals surface area contributed by atoms with Gasteiger partial charge in [0.05, 0.1) is 10.6 Å². The van der Waals surface area contributed by atoms with Gasteiger partial charge in [-0.3, -0.25) is 9.10 Å². The quantitative estimate of drug-likeness (QED) is 0.472. The maximum Gasteiger partial charge on any atom is 0.264 e. The molecule has 0 heterocycles. The van der Waals surface area contributed by atoms with Gasteiger partial charge in [0.15, 0.2) is 0 Å². The number of hydrogen-bond acceptors (Lipinski definition) is 4. The number of hydrogen-bond donors (Lipinski definition) is 1. The van der Waals surface area contributed by atoms with Crippen LogP contribution in [0, 0.1) is 0 Å². The molecule has 1 amide bonds. The monoisotopic (exact) mass is 456 g/mol. The first-order valence-electron chi connectivity index (χ1n) is 9.37. The van der Waals surface area contributed by atoms with Gasteiger partial charge >= 0.3 is 0 Å². The summed E-state index contributed by atoms with van der Waals surface area (Å²) in [4.78, 5) is 12.7. The van der Waals surface area contributed by atoms with E-state index in [0.717, 1.165) is 4.31 Å². The third-order valence-electron chi connectivity index (χ3n) is 4.24. The first-order chi connectivity index (χ1) is 14.9. The SMILES string of the molecule is C=CCOc1ccc(NC(=O)CN(c2ccccc2)S(=O)(=O)c2ccc(Cl)cc2)cc1. The number of nitrogens with zero attached hydrogens (tertiary/aromatic N) is 1. The number of benzene rings is 3. The second kappa shape index (κ2) is 10.1. The summed E-state index contributed by atoms with van der Waals surface area (Å²) in [5.74, 6) is 0.148. The molecule has 0 bridgehead atoms. The Balaban J connectivity index is 1.81. The Kier molecular flexibility index (Phi) is 7.33. The number of sulfonamides is 1. The van der Waals surface area contributed by atoms with Crippen LogP contribution in [0.15, 0.2) is 96.4 Å². The van der Waals surface area contributed by atoms with Crippen molar-refractivity contribution >= 4 is 38.9 Å². The zero-order valence-electron chi connectivity index (χ0n) is 16.6. The number of anilines is 2. The van der Waals surface area contributed by atoms with Crippen LogP contribution in [0.2, 0.25) is 5.02 Å². The van der Waals surface area contributed by atoms with Crippen LogP contribution in [0.5, 0.6) is 5.75 Å². The van der Waals surface area contributed by atoms with Crippen LogP contribution < -0.4 is 14.4 Å². The van der Waals surface area contributed by atoms with E-state index in [1.807, 2.05) is 0 Å². The van der Waals surface area contributed by atoms with Crippen LogP contribution in [-0.2, 0) is 14.8 Å². The Morgan fingerprint density at radius 2 is 1.65 bits per heavy atom. The fourth-order valence-electron chi connectivity index (χ4n) is 2.76. The van der Waals surface area contributed by atoms with Gasteiger partial charge in [0, 0.05) is 10.7 Å². The van der Waals surface area contributed by atoms with Crippen LogP contribution in [0.25, 0.3) is 0 Å². The molecule has 8 heteroatoms. The van der Waals surface area contributed by atoms with Crippen LogP contribution in [0.1, 0.15) is 0 Å². The average Bonchev–Trinajstić information content (AvgIpc) is 2.78. The first kappa shape index (κ1) is 22.4. The summed E-state index contributed by atoms with van der Waals surface area (Å²) in [6, 6.07) is 21.0. The maximum absolute atomic E-state index is 13.3. The van der Waals surface area contributed by atoms with Crippen LogP contribution in [0.4, 0.5) is 11.4 Å². The van der Waals surface area contributed by atoms with Gasteiger partial charge in [0.1, 0.15) is 18.9 Å². The molecule has 0 aromatic heterocycles. The molecule has 3 aromatic carbocycles. The predicted octanol–water partition coefficient (Wildman–Crippen LogP) is 4.74. The zero-order chi connectivity index (χ0) is 22.3. The van der Waals surface area contributed by atoms with E-state index in [1.165, 1.54) is 24.3 Å². The second-order valence-electron chi connectivity index (χ2n) is 6.47. The van der Waals surface area contributed by atoms with E-state index in [0.29, 0.717) is 28.8 Å². The highest BCUT2D eigenvalue weighted by Gasteiger charge is 2.27. The van der Waals surface area contributed by atoms with E-state index >= 15 is 0 Å². The van der Waals surface area contributed by atoms with Crippen LogP contribution in [0.3, 0.4) is 0 Å². The highest BCUT2D eigenvalue weighted by atomic mass is 35.5. The van der Waals surface area contributed by atoms with Gasteiger partial charge in [0.25, 0.3) is 10.0 Å². The normalized spacial score (nSPS) is 10.9. The van der Waals surface area contributed by atoms with E-state index < -0.39 is 22.5 Å². The van der Waals surface area contributed by atoms with Crippen molar-refractivity contribution in [1.29, 1.82) is 0 Å². The molecule has 6 nitrogen and oxygen atoms in total. The van der Waals surface area contributed by atoms with Gasteiger partial charge < -0.3 is 10.1 Å². The van der Waals surface area contributed by atoms with Crippen molar-refractivity contribution in [3.05, 3.63) is 96.5 Å². The lowest BCUT2D eigenvalue weighted by molar-refractivity contribution is -0.114. The minimum Gasteiger partial charge on any atom is -0.490 e. The van der Waals surface area contributed by atoms with Gasteiger partial charge in [-0.15, -0.1) is 0 Å². The summed E-state index contributed by atoms with van der Waals surface area (Å²) in [7, 11) is -3.99. The number of carbonyl (C=O) groups excluding carboxylic acids is 1. The smallest absolute Gasteiger partial charge is 0.264 e. The molecule has 0 unspecified atom stereocenters. The van der Waals surface area contributed by atoms with Crippen molar-refractivity contribution in [1.82, 2.24) is 0 Å². The molecular formula is C23H21ClN2O4S. The Bertz CT molecular complexity index is 1130. The molecule has 0 aliphatic rings. The Morgan fingerprint density at radius 1 is 1.00 bits per heavy atom. The number of carbonyl (C=O) groups is 1. The maximum atomic E-state index is 13.3. The lowest BCUT2D eigenvalue weighted by Gasteiger charge is -2.24. The van der Waals surface area contributed by atoms with Crippen molar-refractivity contribution in [2.75, 3.05) is 22.8 Å². The highest BCUT2D eigenvalue weighted by molar-refractivity contribution is 7.92. The fourth-order valence-corrected chi connectivity index (χ4v) is 4.31. The van der Waals surface area contributed by atoms with E-state index in [-0.39, 0.29) is 4.90 Å². The Labute approximate surface area is 186 Å². The van der Waals surface area contributed by atoms with Gasteiger partial charge in [-0.05, 0) is 60.7 Å². The summed E-state index contributed by atoms with van der Waals surface area (Å²) >= 11 is 5.89. The number of amides is 1. The molecule has 3 aromatic rings. The van der Waals surface area contributed by atoms with Crippen molar-refractivity contribution in [3.8, 4) is 5.75 Å². The number of halogens is 1. The molecule has 0 radical (unpaired) electrons. The zero-order valence-corrected chi connectivity index (χ0v) is 18.1. The Morgan fingerprint density at radius 3 is 2.26 bits per heavy atom. The summed E-state index contributed by atoms with van der Waals surface area (Å²) in [5.41, 5.74) is 0.897. The molecule has 31 heavy (non-hydrogen) atoms. The fraction of sp³-hybridized carbons (Fsp3) is 0.0870. The second-order valence-corrected chi connectivity index (χ2v) is 8.77. The molecule has 0 atom stereocenters. The number of rotatable bonds is 9. The minimum absolute atomic E-state index is 0.0391. The van der Waals surface area contributed by atoms with Gasteiger partial charge in [-0.1, -0.05) is 42.5 Å². The molecular weight excluding hydrogens is 436 g/mol. The predicted molar refractivity (Wildman–Crippen MR) is 123 cm³/mol. The van der Waals surface area contributed by atoms with E-state index in [4.69, 9.17) is 16.3 Å². The first-order valence-corrected chi connectivity index (χ1v) is 11.2. The summed E-state index contributed by atoms with van der Waals surface area (Å²) in [6.45, 7) is 3.57. The number of para-hydroxylation sites is 1. The summed E-state index contributed by atoms with van der Waals surface area (Å²) in [6.07, 6.45) is 1.63. The van der Waals surface area contributed by atoms with Gasteiger partial charge in [-0.25, -0.2) is 8.42 Å². The molecule has 0 saturated carbocycles. The highest BCUT2D eigenvalue weighted by Crippen LogP contribution is 2.25. The number of nitrogens with one attached hydrogen (secondary N) is 1. The summed E-state index contributed by atoms with van der Waals surface area (Å²) < 4.78 is 33.0. The topological polar surface area (TPSA) is 75.7 Å². The van der Waals surface area contributed by atoms with Crippen LogP contribution in [-0.4, -0.2) is 27.5 Å². The molecule has 0 fully saturated rings. The molecule has 0 saturated heterocycles. The van der Waals surface area contributed by atoms with Gasteiger partial charge in [0.2, 0.25) is 5.91 Å². The van der Waals surface area contributed by atoms with Crippen LogP contribution >= 0.6 is 11.6 Å². The largest absolute Gasteiger partial charge is 0.490 e. The minimum atomic E-state index is -3.99. The third kappa shape index (κ3) is 5.87. The van der Waals surface area contributed by atoms with Crippen molar-refractivity contribution in [2.45, 2.75) is 4.90 Å². The van der Waals surface area contributed by atoms with E-state index in [2.05, 4.69) is 11.9 Å². The molecule has 0 aliphatic carbocycles. The van der Waals surface area contributed by atoms with E-state index in [1.54, 1.807) is 60.7 Å². The third-order valence-corrected chi connectivity index (χ3v) is 6.28. The number of ether oxygens (including phenoxy) is 1. The lowest BCUT2D eigenvalue weighted by Crippen LogP contribution is -2.38. The standard InChI is InChI=1S/C23H21ClN2O4S/c1-2-16-30-21-12-10-19(11-13-21)25-23(27)17-26(20-6-4-3-5-7-20)31(28,29)22-14-8-18(24)9-15-22/h2-15H,1,16-17H2,(H,25,27). The molecule has 160 valence electrons.